The van der Waals surface area contributed by atoms with Crippen LogP contribution in [0.25, 0.3) is 0 Å². The van der Waals surface area contributed by atoms with Crippen LogP contribution in [0.3, 0.4) is 0 Å². The molecule has 0 spiro atoms. The van der Waals surface area contributed by atoms with E-state index in [1.165, 1.54) is 14.0 Å². The summed E-state index contributed by atoms with van der Waals surface area (Å²) < 4.78 is 10.2. The number of thiophene rings is 1. The Morgan fingerprint density at radius 3 is 2.48 bits per heavy atom. The van der Waals surface area contributed by atoms with E-state index in [2.05, 4.69) is 5.32 Å². The van der Waals surface area contributed by atoms with Gasteiger partial charge in [-0.1, -0.05) is 12.1 Å². The number of anilines is 1. The normalized spacial score (nSPS) is 10.2. The highest BCUT2D eigenvalue weighted by Crippen LogP contribution is 2.34. The summed E-state index contributed by atoms with van der Waals surface area (Å²) in [4.78, 5) is 37.1. The second-order valence-corrected chi connectivity index (χ2v) is 6.21. The maximum Gasteiger partial charge on any atom is 0.341 e. The van der Waals surface area contributed by atoms with Crippen molar-refractivity contribution in [3.63, 3.8) is 0 Å². The van der Waals surface area contributed by atoms with Crippen molar-refractivity contribution in [2.45, 2.75) is 20.8 Å². The zero-order valence-electron chi connectivity index (χ0n) is 14.5. The fraction of sp³-hybridized carbons (Fsp3) is 0.278. The zero-order chi connectivity index (χ0) is 18.6. The molecule has 0 bridgehead atoms. The average molecular weight is 361 g/mol. The minimum absolute atomic E-state index is 0.175. The predicted molar refractivity (Wildman–Crippen MR) is 96.0 cm³/mol. The summed E-state index contributed by atoms with van der Waals surface area (Å²) in [6, 6.07) is 6.75. The van der Waals surface area contributed by atoms with E-state index in [0.29, 0.717) is 21.8 Å². The first-order valence-electron chi connectivity index (χ1n) is 7.66. The summed E-state index contributed by atoms with van der Waals surface area (Å²) in [6.07, 6.45) is 0. The third kappa shape index (κ3) is 3.88. The Morgan fingerprint density at radius 1 is 1.20 bits per heavy atom. The van der Waals surface area contributed by atoms with Crippen LogP contribution in [0.15, 0.2) is 24.3 Å². The minimum atomic E-state index is -0.570. The molecule has 0 atom stereocenters. The van der Waals surface area contributed by atoms with Crippen LogP contribution in [0.1, 0.15) is 49.8 Å². The summed E-state index contributed by atoms with van der Waals surface area (Å²) in [7, 11) is 1.47. The van der Waals surface area contributed by atoms with Crippen LogP contribution >= 0.6 is 11.3 Å². The molecule has 1 N–H and O–H groups in total. The Labute approximate surface area is 149 Å². The average Bonchev–Trinajstić information content (AvgIpc) is 2.91. The van der Waals surface area contributed by atoms with Gasteiger partial charge in [-0.05, 0) is 38.5 Å². The lowest BCUT2D eigenvalue weighted by Gasteiger charge is -2.09. The number of benzene rings is 1. The van der Waals surface area contributed by atoms with Crippen LogP contribution in [-0.4, -0.2) is 31.4 Å². The molecule has 0 radical (unpaired) electrons. The van der Waals surface area contributed by atoms with Gasteiger partial charge in [-0.3, -0.25) is 9.59 Å². The molecule has 1 aromatic heterocycles. The number of carbonyl (C=O) groups is 3. The second kappa shape index (κ2) is 7.94. The highest BCUT2D eigenvalue weighted by Gasteiger charge is 2.26. The lowest BCUT2D eigenvalue weighted by molar-refractivity contribution is 0.0527. The quantitative estimate of drug-likeness (QED) is 0.627. The molecule has 132 valence electrons. The third-order valence-corrected chi connectivity index (χ3v) is 4.83. The summed E-state index contributed by atoms with van der Waals surface area (Å²) >= 11 is 1.06. The first-order chi connectivity index (χ1) is 11.9. The van der Waals surface area contributed by atoms with Gasteiger partial charge in [0.2, 0.25) is 0 Å². The molecule has 2 aromatic rings. The van der Waals surface area contributed by atoms with Crippen molar-refractivity contribution < 1.29 is 23.9 Å². The van der Waals surface area contributed by atoms with Crippen LogP contribution < -0.4 is 10.1 Å². The van der Waals surface area contributed by atoms with Gasteiger partial charge in [-0.2, -0.15) is 0 Å². The van der Waals surface area contributed by atoms with E-state index in [9.17, 15) is 14.4 Å². The van der Waals surface area contributed by atoms with Gasteiger partial charge in [0, 0.05) is 0 Å². The van der Waals surface area contributed by atoms with E-state index in [-0.39, 0.29) is 23.0 Å². The molecule has 0 aliphatic rings. The molecule has 0 aliphatic carbocycles. The van der Waals surface area contributed by atoms with Crippen LogP contribution in [0.2, 0.25) is 0 Å². The molecule has 1 amide bonds. The standard InChI is InChI=1S/C18H19NO5S/c1-5-24-18(22)14-10(2)15(11(3)20)25-17(14)19-16(21)12-8-6-7-9-13(12)23-4/h6-9H,5H2,1-4H3,(H,19,21). The van der Waals surface area contributed by atoms with Gasteiger partial charge in [0.1, 0.15) is 10.8 Å². The molecule has 0 saturated carbocycles. The molecule has 0 unspecified atom stereocenters. The van der Waals surface area contributed by atoms with Gasteiger partial charge >= 0.3 is 5.97 Å². The molecule has 0 fully saturated rings. The number of amides is 1. The SMILES string of the molecule is CCOC(=O)c1c(NC(=O)c2ccccc2OC)sc(C(C)=O)c1C. The molecule has 7 heteroatoms. The number of rotatable bonds is 6. The van der Waals surface area contributed by atoms with Crippen molar-refractivity contribution in [2.75, 3.05) is 19.0 Å². The molecule has 2 rings (SSSR count). The van der Waals surface area contributed by atoms with Crippen molar-refractivity contribution in [2.24, 2.45) is 0 Å². The van der Waals surface area contributed by atoms with E-state index in [1.807, 2.05) is 0 Å². The highest BCUT2D eigenvalue weighted by atomic mass is 32.1. The Bertz CT molecular complexity index is 825. The summed E-state index contributed by atoms with van der Waals surface area (Å²) in [6.45, 7) is 4.97. The predicted octanol–water partition coefficient (Wildman–Crippen LogP) is 3.70. The number of hydrogen-bond acceptors (Lipinski definition) is 6. The van der Waals surface area contributed by atoms with Crippen LogP contribution in [0, 0.1) is 6.92 Å². The van der Waals surface area contributed by atoms with E-state index in [0.717, 1.165) is 11.3 Å². The van der Waals surface area contributed by atoms with E-state index >= 15 is 0 Å². The highest BCUT2D eigenvalue weighted by molar-refractivity contribution is 7.18. The van der Waals surface area contributed by atoms with Gasteiger partial charge in [-0.15, -0.1) is 11.3 Å². The van der Waals surface area contributed by atoms with Crippen molar-refractivity contribution in [3.8, 4) is 5.75 Å². The minimum Gasteiger partial charge on any atom is -0.496 e. The van der Waals surface area contributed by atoms with Crippen LogP contribution in [0.4, 0.5) is 5.00 Å². The van der Waals surface area contributed by atoms with Gasteiger partial charge in [0.25, 0.3) is 5.91 Å². The first-order valence-corrected chi connectivity index (χ1v) is 8.48. The van der Waals surface area contributed by atoms with Crippen molar-refractivity contribution >= 4 is 34.0 Å². The number of Topliss-reactive ketones (excluding diaryl/α,β-unsaturated/α-hetero) is 1. The summed E-state index contributed by atoms with van der Waals surface area (Å²) in [5.41, 5.74) is 1.04. The number of para-hydroxylation sites is 1. The number of ether oxygens (including phenoxy) is 2. The zero-order valence-corrected chi connectivity index (χ0v) is 15.3. The third-order valence-electron chi connectivity index (χ3n) is 3.52. The van der Waals surface area contributed by atoms with Crippen LogP contribution in [-0.2, 0) is 4.74 Å². The lowest BCUT2D eigenvalue weighted by atomic mass is 10.1. The molecule has 1 aromatic carbocycles. The van der Waals surface area contributed by atoms with Crippen molar-refractivity contribution in [3.05, 3.63) is 45.8 Å². The molecular weight excluding hydrogens is 342 g/mol. The lowest BCUT2D eigenvalue weighted by Crippen LogP contribution is -2.15. The number of ketones is 1. The van der Waals surface area contributed by atoms with E-state index in [1.54, 1.807) is 38.1 Å². The van der Waals surface area contributed by atoms with Gasteiger partial charge in [0.15, 0.2) is 5.78 Å². The van der Waals surface area contributed by atoms with E-state index in [4.69, 9.17) is 9.47 Å². The number of hydrogen-bond donors (Lipinski definition) is 1. The maximum absolute atomic E-state index is 12.6. The molecule has 1 heterocycles. The summed E-state index contributed by atoms with van der Waals surface area (Å²) in [5, 5.41) is 2.99. The molecule has 6 nitrogen and oxygen atoms in total. The Hall–Kier alpha value is -2.67. The monoisotopic (exact) mass is 361 g/mol. The number of methoxy groups -OCH3 is 1. The first kappa shape index (κ1) is 18.7. The molecule has 0 aliphatic heterocycles. The fourth-order valence-electron chi connectivity index (χ4n) is 2.39. The van der Waals surface area contributed by atoms with Gasteiger partial charge in [-0.25, -0.2) is 4.79 Å². The smallest absolute Gasteiger partial charge is 0.341 e. The summed E-state index contributed by atoms with van der Waals surface area (Å²) in [5.74, 6) is -0.762. The van der Waals surface area contributed by atoms with Crippen molar-refractivity contribution in [1.82, 2.24) is 0 Å². The largest absolute Gasteiger partial charge is 0.496 e. The Morgan fingerprint density at radius 2 is 1.88 bits per heavy atom. The second-order valence-electron chi connectivity index (χ2n) is 5.19. The fourth-order valence-corrected chi connectivity index (χ4v) is 3.47. The number of nitrogens with one attached hydrogen (secondary N) is 1. The number of esters is 1. The van der Waals surface area contributed by atoms with E-state index < -0.39 is 11.9 Å². The van der Waals surface area contributed by atoms with Gasteiger partial charge in [0.05, 0.1) is 29.7 Å². The van der Waals surface area contributed by atoms with Crippen LogP contribution in [0.5, 0.6) is 5.75 Å². The Kier molecular flexibility index (Phi) is 5.93. The van der Waals surface area contributed by atoms with Crippen molar-refractivity contribution in [1.29, 1.82) is 0 Å². The molecule has 0 saturated heterocycles. The Balaban J connectivity index is 2.44. The number of carbonyl (C=O) groups excluding carboxylic acids is 3. The molecular formula is C18H19NO5S. The molecule has 25 heavy (non-hydrogen) atoms. The van der Waals surface area contributed by atoms with Gasteiger partial charge < -0.3 is 14.8 Å². The maximum atomic E-state index is 12.6. The topological polar surface area (TPSA) is 81.7 Å².